The van der Waals surface area contributed by atoms with Gasteiger partial charge in [0, 0.05) is 13.6 Å². The van der Waals surface area contributed by atoms with Crippen LogP contribution in [0, 0.1) is 0 Å². The SMILES string of the molecule is CN(C)Cc1ccc2c(=O)n(-c3ccc(CC(N)C(=O)O)cc3)c(=O)n(C)c2c1.O=C(O)C(F)(F)F. The van der Waals surface area contributed by atoms with Crippen LogP contribution in [0.15, 0.2) is 52.1 Å². The van der Waals surface area contributed by atoms with Crippen molar-refractivity contribution in [1.82, 2.24) is 14.0 Å². The molecule has 0 aliphatic heterocycles. The van der Waals surface area contributed by atoms with E-state index in [0.717, 1.165) is 10.1 Å². The van der Waals surface area contributed by atoms with Gasteiger partial charge in [0.2, 0.25) is 0 Å². The van der Waals surface area contributed by atoms with Crippen LogP contribution in [0.2, 0.25) is 0 Å². The maximum Gasteiger partial charge on any atom is 0.490 e. The molecule has 3 rings (SSSR count). The molecular formula is C23H25F3N4O6. The number of carboxylic acid groups (broad SMARTS) is 2. The summed E-state index contributed by atoms with van der Waals surface area (Å²) in [6.45, 7) is 0.702. The van der Waals surface area contributed by atoms with Crippen LogP contribution in [0.3, 0.4) is 0 Å². The molecule has 0 radical (unpaired) electrons. The summed E-state index contributed by atoms with van der Waals surface area (Å²) in [5, 5.41) is 16.5. The zero-order valence-corrected chi connectivity index (χ0v) is 19.6. The van der Waals surface area contributed by atoms with E-state index in [-0.39, 0.29) is 6.42 Å². The first-order valence-corrected chi connectivity index (χ1v) is 10.4. The number of aliphatic carboxylic acids is 2. The molecule has 0 amide bonds. The van der Waals surface area contributed by atoms with Crippen molar-refractivity contribution in [2.45, 2.75) is 25.2 Å². The Hall–Kier alpha value is -3.97. The first-order valence-electron chi connectivity index (χ1n) is 10.4. The molecule has 13 heteroatoms. The third-order valence-electron chi connectivity index (χ3n) is 5.04. The Balaban J connectivity index is 0.000000572. The van der Waals surface area contributed by atoms with Gasteiger partial charge in [-0.3, -0.25) is 14.2 Å². The molecule has 3 aromatic rings. The van der Waals surface area contributed by atoms with Crippen molar-refractivity contribution in [3.8, 4) is 5.69 Å². The number of aryl methyl sites for hydroxylation is 1. The fourth-order valence-electron chi connectivity index (χ4n) is 3.31. The van der Waals surface area contributed by atoms with Crippen LogP contribution >= 0.6 is 0 Å². The van der Waals surface area contributed by atoms with Gasteiger partial charge in [0.15, 0.2) is 0 Å². The highest BCUT2D eigenvalue weighted by Crippen LogP contribution is 2.15. The average molecular weight is 510 g/mol. The molecule has 4 N–H and O–H groups in total. The number of hydrogen-bond donors (Lipinski definition) is 3. The summed E-state index contributed by atoms with van der Waals surface area (Å²) in [4.78, 5) is 47.8. The third kappa shape index (κ3) is 6.79. The van der Waals surface area contributed by atoms with Crippen molar-refractivity contribution in [2.75, 3.05) is 14.1 Å². The maximum absolute atomic E-state index is 13.0. The molecular weight excluding hydrogens is 485 g/mol. The summed E-state index contributed by atoms with van der Waals surface area (Å²) < 4.78 is 34.3. The number of nitrogens with two attached hydrogens (primary N) is 1. The zero-order chi connectivity index (χ0) is 27.4. The van der Waals surface area contributed by atoms with Crippen LogP contribution < -0.4 is 17.0 Å². The van der Waals surface area contributed by atoms with Crippen molar-refractivity contribution in [3.63, 3.8) is 0 Å². The number of carboxylic acids is 2. The predicted molar refractivity (Wildman–Crippen MR) is 125 cm³/mol. The van der Waals surface area contributed by atoms with E-state index >= 15 is 0 Å². The van der Waals surface area contributed by atoms with Crippen molar-refractivity contribution in [1.29, 1.82) is 0 Å². The summed E-state index contributed by atoms with van der Waals surface area (Å²) in [6.07, 6.45) is -4.92. The molecule has 1 atom stereocenters. The van der Waals surface area contributed by atoms with Gasteiger partial charge in [-0.1, -0.05) is 18.2 Å². The van der Waals surface area contributed by atoms with Gasteiger partial charge in [-0.05, 0) is 55.9 Å². The first-order chi connectivity index (χ1) is 16.6. The van der Waals surface area contributed by atoms with E-state index in [0.29, 0.717) is 28.7 Å². The minimum Gasteiger partial charge on any atom is -0.480 e. The van der Waals surface area contributed by atoms with Gasteiger partial charge in [-0.25, -0.2) is 14.2 Å². The summed E-state index contributed by atoms with van der Waals surface area (Å²) in [7, 11) is 5.54. The van der Waals surface area contributed by atoms with Gasteiger partial charge in [-0.15, -0.1) is 0 Å². The molecule has 0 aliphatic carbocycles. The molecule has 0 saturated heterocycles. The Bertz CT molecular complexity index is 1380. The lowest BCUT2D eigenvalue weighted by atomic mass is 10.1. The molecule has 0 spiro atoms. The second-order valence-corrected chi connectivity index (χ2v) is 8.19. The van der Waals surface area contributed by atoms with E-state index in [1.54, 1.807) is 37.4 Å². The minimum absolute atomic E-state index is 0.162. The quantitative estimate of drug-likeness (QED) is 0.450. The largest absolute Gasteiger partial charge is 0.490 e. The van der Waals surface area contributed by atoms with E-state index in [1.807, 2.05) is 31.1 Å². The molecule has 10 nitrogen and oxygen atoms in total. The number of benzene rings is 2. The highest BCUT2D eigenvalue weighted by Gasteiger charge is 2.38. The van der Waals surface area contributed by atoms with Crippen LogP contribution in [0.1, 0.15) is 11.1 Å². The molecule has 0 saturated carbocycles. The normalized spacial score (nSPS) is 12.2. The Morgan fingerprint density at radius 2 is 1.56 bits per heavy atom. The van der Waals surface area contributed by atoms with E-state index < -0.39 is 35.4 Å². The molecule has 1 aromatic heterocycles. The first kappa shape index (κ1) is 28.3. The lowest BCUT2D eigenvalue weighted by Crippen LogP contribution is -2.38. The number of carbonyl (C=O) groups is 2. The standard InChI is InChI=1S/C21H24N4O4.C2HF3O2/c1-23(2)12-14-6-9-16-18(11-14)24(3)21(29)25(19(16)26)15-7-4-13(5-8-15)10-17(22)20(27)28;3-2(4,5)1(6)7/h4-9,11,17H,10,12,22H2,1-3H3,(H,27,28);(H,6,7). The fourth-order valence-corrected chi connectivity index (χ4v) is 3.31. The summed E-state index contributed by atoms with van der Waals surface area (Å²) in [5.41, 5.74) is 7.44. The fraction of sp³-hybridized carbons (Fsp3) is 0.304. The second-order valence-electron chi connectivity index (χ2n) is 8.19. The Morgan fingerprint density at radius 1 is 1.03 bits per heavy atom. The van der Waals surface area contributed by atoms with Crippen molar-refractivity contribution in [3.05, 3.63) is 74.4 Å². The second kappa shape index (κ2) is 11.2. The molecule has 1 unspecified atom stereocenters. The Labute approximate surface area is 202 Å². The van der Waals surface area contributed by atoms with Crippen molar-refractivity contribution < 1.29 is 33.0 Å². The number of aromatic nitrogens is 2. The highest BCUT2D eigenvalue weighted by molar-refractivity contribution is 5.79. The van der Waals surface area contributed by atoms with Crippen LogP contribution in [0.4, 0.5) is 13.2 Å². The number of fused-ring (bicyclic) bond motifs is 1. The third-order valence-corrected chi connectivity index (χ3v) is 5.04. The van der Waals surface area contributed by atoms with E-state index in [9.17, 15) is 27.6 Å². The smallest absolute Gasteiger partial charge is 0.480 e. The molecule has 0 fully saturated rings. The number of halogens is 3. The van der Waals surface area contributed by atoms with Crippen LogP contribution in [-0.2, 0) is 29.6 Å². The number of alkyl halides is 3. The van der Waals surface area contributed by atoms with Gasteiger partial charge in [0.25, 0.3) is 5.56 Å². The van der Waals surface area contributed by atoms with Gasteiger partial charge < -0.3 is 20.8 Å². The van der Waals surface area contributed by atoms with Crippen molar-refractivity contribution in [2.24, 2.45) is 12.8 Å². The highest BCUT2D eigenvalue weighted by atomic mass is 19.4. The average Bonchev–Trinajstić information content (AvgIpc) is 2.78. The molecule has 0 bridgehead atoms. The summed E-state index contributed by atoms with van der Waals surface area (Å²) in [5.74, 6) is -3.84. The van der Waals surface area contributed by atoms with Gasteiger partial charge >= 0.3 is 23.8 Å². The number of hydrogen-bond acceptors (Lipinski definition) is 6. The number of rotatable bonds is 6. The lowest BCUT2D eigenvalue weighted by molar-refractivity contribution is -0.192. The zero-order valence-electron chi connectivity index (χ0n) is 19.6. The molecule has 2 aromatic carbocycles. The predicted octanol–water partition coefficient (Wildman–Crippen LogP) is 1.34. The summed E-state index contributed by atoms with van der Waals surface area (Å²) >= 11 is 0. The van der Waals surface area contributed by atoms with E-state index in [1.165, 1.54) is 4.57 Å². The lowest BCUT2D eigenvalue weighted by Gasteiger charge is -2.14. The van der Waals surface area contributed by atoms with Crippen molar-refractivity contribution >= 4 is 22.8 Å². The molecule has 0 aliphatic rings. The Kier molecular flexibility index (Phi) is 8.78. The van der Waals surface area contributed by atoms with Crippen LogP contribution in [0.5, 0.6) is 0 Å². The topological polar surface area (TPSA) is 148 Å². The number of nitrogens with zero attached hydrogens (tertiary/aromatic N) is 3. The van der Waals surface area contributed by atoms with E-state index in [4.69, 9.17) is 20.7 Å². The van der Waals surface area contributed by atoms with Crippen LogP contribution in [-0.4, -0.2) is 62.5 Å². The monoisotopic (exact) mass is 510 g/mol. The van der Waals surface area contributed by atoms with Gasteiger partial charge in [0.1, 0.15) is 6.04 Å². The van der Waals surface area contributed by atoms with Gasteiger partial charge in [0.05, 0.1) is 16.6 Å². The van der Waals surface area contributed by atoms with Crippen LogP contribution in [0.25, 0.3) is 16.6 Å². The van der Waals surface area contributed by atoms with E-state index in [2.05, 4.69) is 0 Å². The maximum atomic E-state index is 13.0. The van der Waals surface area contributed by atoms with Gasteiger partial charge in [-0.2, -0.15) is 13.2 Å². The minimum atomic E-state index is -5.08. The Morgan fingerprint density at radius 3 is 2.03 bits per heavy atom. The molecule has 36 heavy (non-hydrogen) atoms. The molecule has 194 valence electrons. The summed E-state index contributed by atoms with van der Waals surface area (Å²) in [6, 6.07) is 11.1. The molecule has 1 heterocycles.